The number of primary amides is 1. The van der Waals surface area contributed by atoms with Crippen molar-refractivity contribution in [2.75, 3.05) is 0 Å². The molecule has 5 unspecified atom stereocenters. The molecule has 0 spiro atoms. The summed E-state index contributed by atoms with van der Waals surface area (Å²) in [6, 6.07) is -5.80. The van der Waals surface area contributed by atoms with Gasteiger partial charge in [-0.05, 0) is 20.3 Å². The number of nitrogens with two attached hydrogens (primary N) is 2. The third-order valence-corrected chi connectivity index (χ3v) is 3.78. The van der Waals surface area contributed by atoms with Crippen LogP contribution in [0, 0.1) is 0 Å². The van der Waals surface area contributed by atoms with Crippen LogP contribution >= 0.6 is 0 Å². The lowest BCUT2D eigenvalue weighted by molar-refractivity contribution is -0.145. The summed E-state index contributed by atoms with van der Waals surface area (Å²) < 4.78 is 0. The van der Waals surface area contributed by atoms with Crippen LogP contribution in [0.3, 0.4) is 0 Å². The number of aliphatic hydroxyl groups excluding tert-OH is 1. The topological polar surface area (TPSA) is 251 Å². The summed E-state index contributed by atoms with van der Waals surface area (Å²) in [7, 11) is 0. The van der Waals surface area contributed by atoms with Crippen LogP contribution in [0.1, 0.15) is 33.1 Å². The number of amides is 4. The van der Waals surface area contributed by atoms with E-state index in [2.05, 4.69) is 10.6 Å². The van der Waals surface area contributed by atoms with Crippen LogP contribution in [0.4, 0.5) is 0 Å². The first-order valence-electron chi connectivity index (χ1n) is 8.83. The lowest BCUT2D eigenvalue weighted by Crippen LogP contribution is -2.58. The molecule has 0 bridgehead atoms. The zero-order valence-electron chi connectivity index (χ0n) is 16.5. The molecule has 0 fully saturated rings. The third-order valence-electron chi connectivity index (χ3n) is 3.78. The molecule has 5 atom stereocenters. The van der Waals surface area contributed by atoms with Gasteiger partial charge < -0.3 is 42.7 Å². The van der Waals surface area contributed by atoms with E-state index in [1.165, 1.54) is 6.92 Å². The Labute approximate surface area is 171 Å². The maximum atomic E-state index is 12.5. The van der Waals surface area contributed by atoms with Gasteiger partial charge in [0.15, 0.2) is 6.04 Å². The number of rotatable bonds is 13. The minimum Gasteiger partial charge on any atom is -0.481 e. The number of hydrogen-bond acceptors (Lipinski definition) is 8. The van der Waals surface area contributed by atoms with E-state index in [1.54, 1.807) is 0 Å². The van der Waals surface area contributed by atoms with Crippen LogP contribution in [-0.2, 0) is 28.8 Å². The normalized spacial score (nSPS) is 15.6. The molecule has 0 saturated heterocycles. The molecule has 0 aromatic heterocycles. The number of carboxylic acid groups (broad SMARTS) is 2. The van der Waals surface area contributed by atoms with Crippen LogP contribution in [-0.4, -0.2) is 81.2 Å². The van der Waals surface area contributed by atoms with E-state index < -0.39 is 85.1 Å². The molecule has 170 valence electrons. The quantitative estimate of drug-likeness (QED) is 0.140. The predicted molar refractivity (Wildman–Crippen MR) is 99.4 cm³/mol. The van der Waals surface area contributed by atoms with Crippen LogP contribution in [0.5, 0.6) is 0 Å². The highest BCUT2D eigenvalue weighted by atomic mass is 16.4. The molecule has 30 heavy (non-hydrogen) atoms. The van der Waals surface area contributed by atoms with Crippen molar-refractivity contribution in [2.45, 2.75) is 63.4 Å². The molecule has 0 aliphatic heterocycles. The van der Waals surface area contributed by atoms with E-state index >= 15 is 0 Å². The fraction of sp³-hybridized carbons (Fsp3) is 0.625. The number of aliphatic hydroxyl groups is 1. The van der Waals surface area contributed by atoms with Gasteiger partial charge in [0.05, 0.1) is 18.6 Å². The molecule has 0 aromatic carbocycles. The summed E-state index contributed by atoms with van der Waals surface area (Å²) in [5, 5.41) is 33.7. The molecule has 10 N–H and O–H groups in total. The summed E-state index contributed by atoms with van der Waals surface area (Å²) in [6.07, 6.45) is -3.14. The van der Waals surface area contributed by atoms with Crippen molar-refractivity contribution in [3.8, 4) is 0 Å². The minimum atomic E-state index is -1.72. The average Bonchev–Trinajstić information content (AvgIpc) is 2.60. The second-order valence-electron chi connectivity index (χ2n) is 6.58. The molecule has 0 aliphatic rings. The maximum absolute atomic E-state index is 12.5. The standard InChI is InChI=1S/C16H27N5O9/c1-6(17)13(26)20-9(5-10(18)23)15(28)19-8(3-4-11(24)25)14(27)21-12(7(2)22)16(29)30/h6-9,12,22H,3-5,17H2,1-2H3,(H2,18,23)(H,19,28)(H,20,26)(H,21,27)(H,24,25)(H,29,30). The van der Waals surface area contributed by atoms with Gasteiger partial charge in [0.1, 0.15) is 12.1 Å². The molecule has 4 amide bonds. The van der Waals surface area contributed by atoms with Crippen molar-refractivity contribution in [1.82, 2.24) is 16.0 Å². The Balaban J connectivity index is 5.51. The van der Waals surface area contributed by atoms with E-state index in [1.807, 2.05) is 5.32 Å². The van der Waals surface area contributed by atoms with Crippen LogP contribution in [0.15, 0.2) is 0 Å². The van der Waals surface area contributed by atoms with Crippen LogP contribution in [0.2, 0.25) is 0 Å². The Hall–Kier alpha value is -3.26. The monoisotopic (exact) mass is 433 g/mol. The molecule has 14 heteroatoms. The highest BCUT2D eigenvalue weighted by molar-refractivity contribution is 5.96. The van der Waals surface area contributed by atoms with Gasteiger partial charge in [-0.2, -0.15) is 0 Å². The first-order chi connectivity index (χ1) is 13.8. The van der Waals surface area contributed by atoms with Crippen molar-refractivity contribution >= 4 is 35.6 Å². The van der Waals surface area contributed by atoms with Crippen molar-refractivity contribution < 1.29 is 44.1 Å². The van der Waals surface area contributed by atoms with Gasteiger partial charge in [-0.3, -0.25) is 24.0 Å². The van der Waals surface area contributed by atoms with E-state index in [0.29, 0.717) is 0 Å². The fourth-order valence-corrected chi connectivity index (χ4v) is 2.17. The Bertz CT molecular complexity index is 680. The van der Waals surface area contributed by atoms with Crippen molar-refractivity contribution in [3.63, 3.8) is 0 Å². The van der Waals surface area contributed by atoms with Crippen molar-refractivity contribution in [2.24, 2.45) is 11.5 Å². The van der Waals surface area contributed by atoms with Crippen molar-refractivity contribution in [3.05, 3.63) is 0 Å². The number of hydrogen-bond donors (Lipinski definition) is 8. The van der Waals surface area contributed by atoms with Gasteiger partial charge in [-0.15, -0.1) is 0 Å². The van der Waals surface area contributed by atoms with E-state index in [4.69, 9.17) is 21.7 Å². The zero-order valence-corrected chi connectivity index (χ0v) is 16.5. The molecule has 0 heterocycles. The highest BCUT2D eigenvalue weighted by Crippen LogP contribution is 2.03. The average molecular weight is 433 g/mol. The predicted octanol–water partition coefficient (Wildman–Crippen LogP) is -4.01. The number of nitrogens with one attached hydrogen (secondary N) is 3. The summed E-state index contributed by atoms with van der Waals surface area (Å²) in [4.78, 5) is 69.8. The molecule has 0 aliphatic carbocycles. The second kappa shape index (κ2) is 12.3. The zero-order chi connectivity index (χ0) is 23.6. The van der Waals surface area contributed by atoms with Gasteiger partial charge in [0, 0.05) is 6.42 Å². The Morgan fingerprint density at radius 3 is 1.77 bits per heavy atom. The summed E-state index contributed by atoms with van der Waals surface area (Å²) in [6.45, 7) is 2.43. The van der Waals surface area contributed by atoms with Gasteiger partial charge >= 0.3 is 11.9 Å². The maximum Gasteiger partial charge on any atom is 0.328 e. The van der Waals surface area contributed by atoms with E-state index in [9.17, 15) is 33.9 Å². The Kier molecular flexibility index (Phi) is 11.0. The molecular formula is C16H27N5O9. The first kappa shape index (κ1) is 26.7. The second-order valence-corrected chi connectivity index (χ2v) is 6.58. The Morgan fingerprint density at radius 1 is 0.867 bits per heavy atom. The lowest BCUT2D eigenvalue weighted by Gasteiger charge is -2.25. The number of carbonyl (C=O) groups is 6. The molecule has 0 radical (unpaired) electrons. The number of carboxylic acids is 2. The smallest absolute Gasteiger partial charge is 0.328 e. The fourth-order valence-electron chi connectivity index (χ4n) is 2.17. The minimum absolute atomic E-state index is 0.441. The summed E-state index contributed by atoms with van der Waals surface area (Å²) in [5.41, 5.74) is 10.4. The highest BCUT2D eigenvalue weighted by Gasteiger charge is 2.32. The molecular weight excluding hydrogens is 406 g/mol. The van der Waals surface area contributed by atoms with Gasteiger partial charge in [0.25, 0.3) is 0 Å². The molecule has 0 aromatic rings. The van der Waals surface area contributed by atoms with Crippen LogP contribution in [0.25, 0.3) is 0 Å². The van der Waals surface area contributed by atoms with E-state index in [0.717, 1.165) is 6.92 Å². The molecule has 0 saturated carbocycles. The van der Waals surface area contributed by atoms with Crippen molar-refractivity contribution in [1.29, 1.82) is 0 Å². The van der Waals surface area contributed by atoms with E-state index in [-0.39, 0.29) is 0 Å². The molecule has 14 nitrogen and oxygen atoms in total. The Morgan fingerprint density at radius 2 is 1.37 bits per heavy atom. The molecule has 0 rings (SSSR count). The third kappa shape index (κ3) is 9.79. The van der Waals surface area contributed by atoms with Gasteiger partial charge in [-0.1, -0.05) is 0 Å². The first-order valence-corrected chi connectivity index (χ1v) is 8.83. The SMILES string of the molecule is CC(N)C(=O)NC(CC(N)=O)C(=O)NC(CCC(=O)O)C(=O)NC(C(=O)O)C(C)O. The largest absolute Gasteiger partial charge is 0.481 e. The van der Waals surface area contributed by atoms with Gasteiger partial charge in [-0.25, -0.2) is 4.79 Å². The van der Waals surface area contributed by atoms with Crippen LogP contribution < -0.4 is 27.4 Å². The van der Waals surface area contributed by atoms with Gasteiger partial charge in [0.2, 0.25) is 23.6 Å². The lowest BCUT2D eigenvalue weighted by atomic mass is 10.1. The number of aliphatic carboxylic acids is 2. The summed E-state index contributed by atoms with van der Waals surface area (Å²) >= 11 is 0. The number of carbonyl (C=O) groups excluding carboxylic acids is 4. The summed E-state index contributed by atoms with van der Waals surface area (Å²) in [5.74, 6) is -6.73.